The van der Waals surface area contributed by atoms with Gasteiger partial charge in [-0.05, 0) is 36.8 Å². The SMILES string of the molecule is Cc1ccccc1N1CCN(C(=O)COc2ccc(Br)cc2F)CC1. The molecule has 0 radical (unpaired) electrons. The monoisotopic (exact) mass is 406 g/mol. The first-order valence-corrected chi connectivity index (χ1v) is 9.00. The molecule has 0 aliphatic carbocycles. The highest BCUT2D eigenvalue weighted by Crippen LogP contribution is 2.22. The lowest BCUT2D eigenvalue weighted by molar-refractivity contribution is -0.133. The van der Waals surface area contributed by atoms with Gasteiger partial charge in [0.1, 0.15) is 0 Å². The zero-order chi connectivity index (χ0) is 17.8. The molecule has 1 saturated heterocycles. The van der Waals surface area contributed by atoms with E-state index in [1.54, 1.807) is 11.0 Å². The molecule has 0 saturated carbocycles. The quantitative estimate of drug-likeness (QED) is 0.776. The fourth-order valence-electron chi connectivity index (χ4n) is 2.94. The van der Waals surface area contributed by atoms with Gasteiger partial charge in [0.05, 0.1) is 0 Å². The van der Waals surface area contributed by atoms with Gasteiger partial charge in [0.15, 0.2) is 18.2 Å². The normalized spacial score (nSPS) is 14.5. The number of carbonyl (C=O) groups excluding carboxylic acids is 1. The third kappa shape index (κ3) is 4.31. The maximum Gasteiger partial charge on any atom is 0.260 e. The topological polar surface area (TPSA) is 32.8 Å². The fraction of sp³-hybridized carbons (Fsp3) is 0.316. The van der Waals surface area contributed by atoms with Crippen LogP contribution in [0.1, 0.15) is 5.56 Å². The lowest BCUT2D eigenvalue weighted by Gasteiger charge is -2.36. The summed E-state index contributed by atoms with van der Waals surface area (Å²) in [6.45, 7) is 4.78. The Labute approximate surface area is 155 Å². The van der Waals surface area contributed by atoms with Crippen molar-refractivity contribution in [2.24, 2.45) is 0 Å². The maximum atomic E-state index is 13.7. The Morgan fingerprint density at radius 3 is 2.56 bits per heavy atom. The first-order valence-electron chi connectivity index (χ1n) is 8.21. The van der Waals surface area contributed by atoms with Crippen LogP contribution >= 0.6 is 15.9 Å². The van der Waals surface area contributed by atoms with Gasteiger partial charge in [0.25, 0.3) is 5.91 Å². The van der Waals surface area contributed by atoms with Crippen molar-refractivity contribution >= 4 is 27.5 Å². The molecule has 4 nitrogen and oxygen atoms in total. The van der Waals surface area contributed by atoms with E-state index in [9.17, 15) is 9.18 Å². The molecule has 0 unspecified atom stereocenters. The number of nitrogens with zero attached hydrogens (tertiary/aromatic N) is 2. The molecular weight excluding hydrogens is 387 g/mol. The Morgan fingerprint density at radius 2 is 1.88 bits per heavy atom. The van der Waals surface area contributed by atoms with Gasteiger partial charge in [0.2, 0.25) is 0 Å². The highest BCUT2D eigenvalue weighted by Gasteiger charge is 2.22. The van der Waals surface area contributed by atoms with Gasteiger partial charge < -0.3 is 14.5 Å². The predicted molar refractivity (Wildman–Crippen MR) is 99.6 cm³/mol. The minimum atomic E-state index is -0.480. The van der Waals surface area contributed by atoms with Gasteiger partial charge in [-0.15, -0.1) is 0 Å². The van der Waals surface area contributed by atoms with Crippen LogP contribution in [0.3, 0.4) is 0 Å². The van der Waals surface area contributed by atoms with E-state index in [1.807, 2.05) is 12.1 Å². The third-order valence-corrected chi connectivity index (χ3v) is 4.83. The van der Waals surface area contributed by atoms with E-state index in [4.69, 9.17) is 4.74 Å². The molecule has 3 rings (SSSR count). The molecule has 1 aliphatic heterocycles. The number of carbonyl (C=O) groups is 1. The van der Waals surface area contributed by atoms with Crippen LogP contribution in [0.2, 0.25) is 0 Å². The second-order valence-electron chi connectivity index (χ2n) is 6.02. The van der Waals surface area contributed by atoms with Gasteiger partial charge in [-0.1, -0.05) is 34.1 Å². The molecule has 1 heterocycles. The van der Waals surface area contributed by atoms with E-state index >= 15 is 0 Å². The number of aryl methyl sites for hydroxylation is 1. The third-order valence-electron chi connectivity index (χ3n) is 4.33. The first-order chi connectivity index (χ1) is 12.0. The zero-order valence-electron chi connectivity index (χ0n) is 14.0. The molecule has 6 heteroatoms. The summed E-state index contributed by atoms with van der Waals surface area (Å²) in [5.74, 6) is -0.506. The number of rotatable bonds is 4. The summed E-state index contributed by atoms with van der Waals surface area (Å²) in [6, 6.07) is 12.8. The van der Waals surface area contributed by atoms with Gasteiger partial charge in [-0.2, -0.15) is 0 Å². The minimum absolute atomic E-state index is 0.0927. The van der Waals surface area contributed by atoms with Crippen molar-refractivity contribution in [3.05, 3.63) is 58.3 Å². The van der Waals surface area contributed by atoms with Crippen molar-refractivity contribution in [3.63, 3.8) is 0 Å². The molecule has 1 fully saturated rings. The number of para-hydroxylation sites is 1. The largest absolute Gasteiger partial charge is 0.481 e. The van der Waals surface area contributed by atoms with Crippen LogP contribution in [0.15, 0.2) is 46.9 Å². The molecule has 1 aliphatic rings. The van der Waals surface area contributed by atoms with Gasteiger partial charge in [-0.3, -0.25) is 4.79 Å². The number of amides is 1. The van der Waals surface area contributed by atoms with Gasteiger partial charge >= 0.3 is 0 Å². The molecule has 2 aromatic rings. The smallest absolute Gasteiger partial charge is 0.260 e. The number of benzene rings is 2. The molecule has 25 heavy (non-hydrogen) atoms. The Morgan fingerprint density at radius 1 is 1.16 bits per heavy atom. The van der Waals surface area contributed by atoms with Crippen LogP contribution in [-0.2, 0) is 4.79 Å². The molecule has 2 aromatic carbocycles. The summed E-state index contributed by atoms with van der Waals surface area (Å²) in [7, 11) is 0. The van der Waals surface area contributed by atoms with E-state index in [1.165, 1.54) is 23.4 Å². The number of halogens is 2. The van der Waals surface area contributed by atoms with Crippen LogP contribution in [0.4, 0.5) is 10.1 Å². The van der Waals surface area contributed by atoms with Crippen LogP contribution in [0.25, 0.3) is 0 Å². The van der Waals surface area contributed by atoms with Crippen LogP contribution in [-0.4, -0.2) is 43.6 Å². The molecule has 0 aromatic heterocycles. The minimum Gasteiger partial charge on any atom is -0.481 e. The lowest BCUT2D eigenvalue weighted by atomic mass is 10.1. The van der Waals surface area contributed by atoms with Crippen molar-refractivity contribution in [3.8, 4) is 5.75 Å². The zero-order valence-corrected chi connectivity index (χ0v) is 15.6. The van der Waals surface area contributed by atoms with Gasteiger partial charge in [0, 0.05) is 36.3 Å². The van der Waals surface area contributed by atoms with Crippen LogP contribution in [0, 0.1) is 12.7 Å². The van der Waals surface area contributed by atoms with Gasteiger partial charge in [-0.25, -0.2) is 4.39 Å². The Kier molecular flexibility index (Phi) is 5.58. The predicted octanol–water partition coefficient (Wildman–Crippen LogP) is 3.62. The number of ether oxygens (including phenoxy) is 1. The molecule has 0 atom stereocenters. The van der Waals surface area contributed by atoms with Crippen molar-refractivity contribution in [2.45, 2.75) is 6.92 Å². The van der Waals surface area contributed by atoms with E-state index < -0.39 is 5.82 Å². The number of hydrogen-bond acceptors (Lipinski definition) is 3. The molecule has 0 N–H and O–H groups in total. The molecule has 132 valence electrons. The molecule has 1 amide bonds. The fourth-order valence-corrected chi connectivity index (χ4v) is 3.27. The van der Waals surface area contributed by atoms with Crippen molar-refractivity contribution < 1.29 is 13.9 Å². The van der Waals surface area contributed by atoms with Crippen molar-refractivity contribution in [2.75, 3.05) is 37.7 Å². The lowest BCUT2D eigenvalue weighted by Crippen LogP contribution is -2.50. The Balaban J connectivity index is 1.52. The average Bonchev–Trinajstić information content (AvgIpc) is 2.61. The molecule has 0 bridgehead atoms. The molecular formula is C19H20BrFN2O2. The maximum absolute atomic E-state index is 13.7. The first kappa shape index (κ1) is 17.7. The van der Waals surface area contributed by atoms with E-state index in [2.05, 4.69) is 39.9 Å². The van der Waals surface area contributed by atoms with E-state index in [0.29, 0.717) is 17.6 Å². The second kappa shape index (κ2) is 7.87. The highest BCUT2D eigenvalue weighted by atomic mass is 79.9. The number of piperazine rings is 1. The average molecular weight is 407 g/mol. The van der Waals surface area contributed by atoms with Crippen molar-refractivity contribution in [1.82, 2.24) is 4.90 Å². The van der Waals surface area contributed by atoms with Crippen molar-refractivity contribution in [1.29, 1.82) is 0 Å². The standard InChI is InChI=1S/C19H20BrFN2O2/c1-14-4-2-3-5-17(14)22-8-10-23(11-9-22)19(24)13-25-18-7-6-15(20)12-16(18)21/h2-7,12H,8-11,13H2,1H3. The summed E-state index contributed by atoms with van der Waals surface area (Å²) in [4.78, 5) is 16.4. The summed E-state index contributed by atoms with van der Waals surface area (Å²) in [6.07, 6.45) is 0. The summed E-state index contributed by atoms with van der Waals surface area (Å²) < 4.78 is 19.7. The second-order valence-corrected chi connectivity index (χ2v) is 6.93. The Bertz CT molecular complexity index is 761. The summed E-state index contributed by atoms with van der Waals surface area (Å²) in [5.41, 5.74) is 2.44. The van der Waals surface area contributed by atoms with Crippen LogP contribution in [0.5, 0.6) is 5.75 Å². The Hall–Kier alpha value is -2.08. The summed E-state index contributed by atoms with van der Waals surface area (Å²) in [5, 5.41) is 0. The number of anilines is 1. The highest BCUT2D eigenvalue weighted by molar-refractivity contribution is 9.10. The van der Waals surface area contributed by atoms with E-state index in [-0.39, 0.29) is 18.3 Å². The van der Waals surface area contributed by atoms with Crippen LogP contribution < -0.4 is 9.64 Å². The van der Waals surface area contributed by atoms with E-state index in [0.717, 1.165) is 13.1 Å². The molecule has 0 spiro atoms. The number of hydrogen-bond donors (Lipinski definition) is 0. The summed E-state index contributed by atoms with van der Waals surface area (Å²) >= 11 is 3.19.